The molecule has 0 bridgehead atoms. The topological polar surface area (TPSA) is 30.0 Å². The van der Waals surface area contributed by atoms with Gasteiger partial charge in [0.05, 0.1) is 16.6 Å². The van der Waals surface area contributed by atoms with E-state index in [0.29, 0.717) is 0 Å². The van der Waals surface area contributed by atoms with Gasteiger partial charge in [-0.1, -0.05) is 170 Å². The second-order valence-electron chi connectivity index (χ2n) is 14.1. The molecule has 0 radical (unpaired) electrons. The highest BCUT2D eigenvalue weighted by Crippen LogP contribution is 2.63. The Morgan fingerprint density at radius 3 is 1.51 bits per heavy atom. The van der Waals surface area contributed by atoms with E-state index in [1.165, 1.54) is 44.5 Å². The van der Waals surface area contributed by atoms with Gasteiger partial charge in [0.25, 0.3) is 0 Å². The summed E-state index contributed by atoms with van der Waals surface area (Å²) < 4.78 is 15.5. The predicted octanol–water partition coefficient (Wildman–Crippen LogP) is 11.0. The average molecular weight is 694 g/mol. The van der Waals surface area contributed by atoms with Crippen molar-refractivity contribution in [3.8, 4) is 33.5 Å². The first-order valence-electron chi connectivity index (χ1n) is 18.2. The van der Waals surface area contributed by atoms with Crippen LogP contribution in [-0.2, 0) is 9.98 Å². The van der Waals surface area contributed by atoms with E-state index in [1.807, 2.05) is 72.8 Å². The minimum atomic E-state index is -3.21. The number of pyridine rings is 1. The fraction of sp³-hybridized carbons (Fsp3) is 0.0200. The molecule has 8 aromatic carbocycles. The highest BCUT2D eigenvalue weighted by molar-refractivity contribution is 7.85. The molecule has 9 aromatic rings. The molecule has 0 amide bonds. The summed E-state index contributed by atoms with van der Waals surface area (Å²) in [4.78, 5) is 5.43. The van der Waals surface area contributed by atoms with Crippen LogP contribution in [0, 0.1) is 0 Å². The van der Waals surface area contributed by atoms with Crippen molar-refractivity contribution in [3.63, 3.8) is 0 Å². The first kappa shape index (κ1) is 30.3. The number of rotatable bonds is 4. The molecular formula is C50H32NOP. The van der Waals surface area contributed by atoms with Crippen LogP contribution in [0.4, 0.5) is 0 Å². The Balaban J connectivity index is 1.23. The number of hydrogen-bond acceptors (Lipinski definition) is 2. The smallest absolute Gasteiger partial charge is 0.171 e. The molecule has 1 heterocycles. The van der Waals surface area contributed by atoms with Gasteiger partial charge < -0.3 is 4.57 Å². The van der Waals surface area contributed by atoms with Crippen molar-refractivity contribution in [2.75, 3.05) is 0 Å². The lowest BCUT2D eigenvalue weighted by atomic mass is 9.70. The largest absolute Gasteiger partial charge is 0.309 e. The summed E-state index contributed by atoms with van der Waals surface area (Å²) in [6, 6.07) is 68.2. The van der Waals surface area contributed by atoms with Crippen molar-refractivity contribution in [2.24, 2.45) is 0 Å². The van der Waals surface area contributed by atoms with Gasteiger partial charge >= 0.3 is 0 Å². The molecular weight excluding hydrogens is 662 g/mol. The molecule has 248 valence electrons. The Bertz CT molecular complexity index is 2900. The second kappa shape index (κ2) is 11.3. The molecule has 0 saturated heterocycles. The maximum absolute atomic E-state index is 15.5. The van der Waals surface area contributed by atoms with Crippen LogP contribution in [0.25, 0.3) is 55.2 Å². The maximum atomic E-state index is 15.5. The molecule has 0 fully saturated rings. The van der Waals surface area contributed by atoms with Crippen LogP contribution in [0.3, 0.4) is 0 Å². The van der Waals surface area contributed by atoms with Gasteiger partial charge in [0.1, 0.15) is 0 Å². The molecule has 53 heavy (non-hydrogen) atoms. The molecule has 1 spiro atoms. The van der Waals surface area contributed by atoms with Gasteiger partial charge in [-0.3, -0.25) is 0 Å². The molecule has 0 atom stereocenters. The molecule has 2 aliphatic rings. The fourth-order valence-corrected chi connectivity index (χ4v) is 12.0. The Kier molecular flexibility index (Phi) is 6.48. The lowest BCUT2D eigenvalue weighted by molar-refractivity contribution is 0.592. The van der Waals surface area contributed by atoms with Crippen LogP contribution in [0.5, 0.6) is 0 Å². The summed E-state index contributed by atoms with van der Waals surface area (Å²) in [7, 11) is -3.21. The molecule has 0 N–H and O–H groups in total. The fourth-order valence-electron chi connectivity index (χ4n) is 9.33. The lowest BCUT2D eigenvalue weighted by Gasteiger charge is -2.30. The van der Waals surface area contributed by atoms with E-state index in [1.54, 1.807) is 0 Å². The summed E-state index contributed by atoms with van der Waals surface area (Å²) in [5, 5.41) is 5.79. The van der Waals surface area contributed by atoms with Crippen LogP contribution in [0.2, 0.25) is 0 Å². The zero-order chi connectivity index (χ0) is 35.1. The van der Waals surface area contributed by atoms with E-state index in [4.69, 9.17) is 4.98 Å². The summed E-state index contributed by atoms with van der Waals surface area (Å²) in [6.07, 6.45) is 0. The lowest BCUT2D eigenvalue weighted by Crippen LogP contribution is -2.25. The van der Waals surface area contributed by atoms with Gasteiger partial charge in [-0.05, 0) is 74.2 Å². The Morgan fingerprint density at radius 1 is 0.377 bits per heavy atom. The van der Waals surface area contributed by atoms with Crippen LogP contribution in [0.15, 0.2) is 194 Å². The molecule has 2 aliphatic carbocycles. The van der Waals surface area contributed by atoms with Gasteiger partial charge in [0.2, 0.25) is 0 Å². The number of nitrogens with zero attached hydrogens (tertiary/aromatic N) is 1. The quantitative estimate of drug-likeness (QED) is 0.136. The van der Waals surface area contributed by atoms with Gasteiger partial charge in [-0.15, -0.1) is 0 Å². The number of fused-ring (bicyclic) bond motifs is 13. The van der Waals surface area contributed by atoms with E-state index in [9.17, 15) is 0 Å². The third-order valence-corrected chi connectivity index (χ3v) is 14.6. The Morgan fingerprint density at radius 2 is 0.887 bits per heavy atom. The number of benzene rings is 8. The minimum absolute atomic E-state index is 0.464. The van der Waals surface area contributed by atoms with Crippen LogP contribution >= 0.6 is 7.14 Å². The molecule has 11 rings (SSSR count). The standard InChI is InChI=1S/C50H32NOP/c52-53(34-17-3-1-4-18-34,35-19-5-2-6-20-35)36-21-15-16-33(30-36)49-43-32-47-42(31-41(43)40-25-10-14-29-48(40)51-49)39-24-9-13-28-46(39)50(47)44-26-11-7-22-37(44)38-23-8-12-27-45(38)50/h1-32H. The summed E-state index contributed by atoms with van der Waals surface area (Å²) >= 11 is 0. The monoisotopic (exact) mass is 693 g/mol. The van der Waals surface area contributed by atoms with Crippen molar-refractivity contribution in [2.45, 2.75) is 5.41 Å². The molecule has 2 nitrogen and oxygen atoms in total. The van der Waals surface area contributed by atoms with Crippen molar-refractivity contribution < 1.29 is 4.57 Å². The van der Waals surface area contributed by atoms with Crippen molar-refractivity contribution in [1.29, 1.82) is 0 Å². The van der Waals surface area contributed by atoms with E-state index in [-0.39, 0.29) is 0 Å². The first-order chi connectivity index (χ1) is 26.2. The van der Waals surface area contributed by atoms with Crippen molar-refractivity contribution >= 4 is 44.7 Å². The predicted molar refractivity (Wildman–Crippen MR) is 220 cm³/mol. The van der Waals surface area contributed by atoms with Crippen LogP contribution < -0.4 is 15.9 Å². The summed E-state index contributed by atoms with van der Waals surface area (Å²) in [5.41, 5.74) is 12.6. The minimum Gasteiger partial charge on any atom is -0.309 e. The van der Waals surface area contributed by atoms with Gasteiger partial charge in [-0.25, -0.2) is 4.98 Å². The van der Waals surface area contributed by atoms with Crippen LogP contribution in [-0.4, -0.2) is 4.98 Å². The highest BCUT2D eigenvalue weighted by atomic mass is 31.2. The number of para-hydroxylation sites is 1. The molecule has 1 aromatic heterocycles. The highest BCUT2D eigenvalue weighted by Gasteiger charge is 2.51. The van der Waals surface area contributed by atoms with Crippen molar-refractivity contribution in [3.05, 3.63) is 216 Å². The maximum Gasteiger partial charge on any atom is 0.171 e. The number of aromatic nitrogens is 1. The second-order valence-corrected chi connectivity index (χ2v) is 16.9. The zero-order valence-corrected chi connectivity index (χ0v) is 29.7. The first-order valence-corrected chi connectivity index (χ1v) is 19.9. The van der Waals surface area contributed by atoms with Gasteiger partial charge in [0.15, 0.2) is 7.14 Å². The Hall–Kier alpha value is -6.34. The normalized spacial score (nSPS) is 13.5. The summed E-state index contributed by atoms with van der Waals surface area (Å²) in [5.74, 6) is 0. The third-order valence-electron chi connectivity index (χ3n) is 11.5. The van der Waals surface area contributed by atoms with E-state index >= 15 is 4.57 Å². The molecule has 0 unspecified atom stereocenters. The molecule has 0 saturated carbocycles. The zero-order valence-electron chi connectivity index (χ0n) is 28.8. The van der Waals surface area contributed by atoms with Crippen molar-refractivity contribution in [1.82, 2.24) is 4.98 Å². The molecule has 3 heteroatoms. The van der Waals surface area contributed by atoms with E-state index in [2.05, 4.69) is 121 Å². The number of hydrogen-bond donors (Lipinski definition) is 0. The van der Waals surface area contributed by atoms with Gasteiger partial charge in [-0.2, -0.15) is 0 Å². The Labute approximate surface area is 308 Å². The van der Waals surface area contributed by atoms with Gasteiger partial charge in [0, 0.05) is 32.2 Å². The SMILES string of the molecule is O=P(c1ccccc1)(c1ccccc1)c1cccc(-c2nc3ccccc3c3cc4c(cc23)C2(c3ccccc3-c3ccccc32)c2ccccc2-4)c1. The average Bonchev–Trinajstić information content (AvgIpc) is 3.70. The third kappa shape index (κ3) is 4.10. The summed E-state index contributed by atoms with van der Waals surface area (Å²) in [6.45, 7) is 0. The van der Waals surface area contributed by atoms with E-state index in [0.717, 1.165) is 48.8 Å². The van der Waals surface area contributed by atoms with Crippen LogP contribution in [0.1, 0.15) is 22.3 Å². The van der Waals surface area contributed by atoms with E-state index < -0.39 is 12.6 Å². The molecule has 0 aliphatic heterocycles.